The van der Waals surface area contributed by atoms with E-state index >= 15 is 0 Å². The minimum absolute atomic E-state index is 0.0875. The Kier molecular flexibility index (Phi) is 4.60. The summed E-state index contributed by atoms with van der Waals surface area (Å²) in [5.74, 6) is 0.938. The van der Waals surface area contributed by atoms with Crippen LogP contribution in [0.25, 0.3) is 5.78 Å². The largest absolute Gasteiger partial charge is 0.573 e. The van der Waals surface area contributed by atoms with E-state index in [0.717, 1.165) is 6.42 Å². The number of hydrogen-bond acceptors (Lipinski definition) is 7. The molecule has 3 aromatic rings. The van der Waals surface area contributed by atoms with Gasteiger partial charge in [0.1, 0.15) is 17.8 Å². The van der Waals surface area contributed by atoms with Crippen LogP contribution < -0.4 is 10.5 Å². The Hall–Kier alpha value is -2.89. The first-order valence-electron chi connectivity index (χ1n) is 8.69. The molecular formula is C17H17F3N6O2S. The van der Waals surface area contributed by atoms with Crippen LogP contribution in [0.3, 0.4) is 0 Å². The molecule has 1 aliphatic rings. The van der Waals surface area contributed by atoms with Gasteiger partial charge in [0.2, 0.25) is 0 Å². The first kappa shape index (κ1) is 19.4. The molecule has 1 aromatic carbocycles. The zero-order valence-corrected chi connectivity index (χ0v) is 16.1. The second-order valence-electron chi connectivity index (χ2n) is 6.69. The third kappa shape index (κ3) is 3.97. The van der Waals surface area contributed by atoms with Crippen LogP contribution in [-0.4, -0.2) is 41.7 Å². The molecule has 1 fully saturated rings. The van der Waals surface area contributed by atoms with E-state index in [1.54, 1.807) is 6.92 Å². The summed E-state index contributed by atoms with van der Waals surface area (Å²) < 4.78 is 60.3. The third-order valence-corrected chi connectivity index (χ3v) is 6.98. The number of hydrogen-bond donors (Lipinski definition) is 1. The van der Waals surface area contributed by atoms with E-state index < -0.39 is 21.8 Å². The van der Waals surface area contributed by atoms with Crippen molar-refractivity contribution in [3.63, 3.8) is 0 Å². The van der Waals surface area contributed by atoms with E-state index in [1.165, 1.54) is 29.0 Å². The first-order chi connectivity index (χ1) is 13.6. The maximum Gasteiger partial charge on any atom is 0.573 e. The van der Waals surface area contributed by atoms with Gasteiger partial charge >= 0.3 is 6.36 Å². The summed E-state index contributed by atoms with van der Waals surface area (Å²) in [6, 6.07) is 4.10. The fraction of sp³-hybridized carbons (Fsp3) is 0.353. The summed E-state index contributed by atoms with van der Waals surface area (Å²) in [6.45, 7) is 1.76. The molecule has 2 N–H and O–H groups in total. The number of nitrogens with two attached hydrogens (primary N) is 1. The standard InChI is InChI=1S/C17H17F3N6O2S/c1-10-12(15(21)26-16(24-10)22-9-23-26)7-11-3-4-14(28-17(18,19)20)13(8-11)25-29(27)5-2-6-29/h3-4,8-9H,2,5-7,21H2,1H3. The summed E-state index contributed by atoms with van der Waals surface area (Å²) in [7, 11) is -2.53. The zero-order valence-electron chi connectivity index (χ0n) is 15.3. The zero-order chi connectivity index (χ0) is 20.8. The van der Waals surface area contributed by atoms with Crippen molar-refractivity contribution in [1.82, 2.24) is 19.6 Å². The highest BCUT2D eigenvalue weighted by atomic mass is 32.2. The van der Waals surface area contributed by atoms with E-state index in [2.05, 4.69) is 24.2 Å². The molecule has 0 atom stereocenters. The number of nitrogen functional groups attached to an aromatic ring is 1. The lowest BCUT2D eigenvalue weighted by atomic mass is 10.0. The molecule has 4 rings (SSSR count). The minimum Gasteiger partial charge on any atom is -0.403 e. The number of halogens is 3. The Bertz CT molecular complexity index is 1200. The predicted octanol–water partition coefficient (Wildman–Crippen LogP) is 3.01. The van der Waals surface area contributed by atoms with E-state index in [-0.39, 0.29) is 12.1 Å². The maximum atomic E-state index is 12.7. The van der Waals surface area contributed by atoms with E-state index in [0.29, 0.717) is 39.9 Å². The van der Waals surface area contributed by atoms with Crippen molar-refractivity contribution in [2.24, 2.45) is 4.36 Å². The number of benzene rings is 1. The van der Waals surface area contributed by atoms with Crippen LogP contribution in [0.5, 0.6) is 5.75 Å². The molecule has 154 valence electrons. The molecule has 0 bridgehead atoms. The fourth-order valence-electron chi connectivity index (χ4n) is 3.05. The van der Waals surface area contributed by atoms with Crippen LogP contribution in [0.1, 0.15) is 23.2 Å². The normalized spacial score (nSPS) is 15.9. The summed E-state index contributed by atoms with van der Waals surface area (Å²) in [6.07, 6.45) is -2.54. The summed E-state index contributed by atoms with van der Waals surface area (Å²) in [5.41, 5.74) is 7.99. The second kappa shape index (κ2) is 6.87. The van der Waals surface area contributed by atoms with Crippen LogP contribution in [0.15, 0.2) is 28.9 Å². The molecule has 1 saturated heterocycles. The van der Waals surface area contributed by atoms with E-state index in [9.17, 15) is 17.4 Å². The molecule has 2 aromatic heterocycles. The Morgan fingerprint density at radius 3 is 2.76 bits per heavy atom. The van der Waals surface area contributed by atoms with Crippen molar-refractivity contribution in [1.29, 1.82) is 0 Å². The van der Waals surface area contributed by atoms with Gasteiger partial charge in [-0.25, -0.2) is 9.19 Å². The van der Waals surface area contributed by atoms with Gasteiger partial charge in [-0.1, -0.05) is 6.07 Å². The van der Waals surface area contributed by atoms with Crippen molar-refractivity contribution < 1.29 is 22.1 Å². The van der Waals surface area contributed by atoms with Crippen LogP contribution in [0.2, 0.25) is 0 Å². The van der Waals surface area contributed by atoms with Crippen molar-refractivity contribution in [2.45, 2.75) is 26.1 Å². The van der Waals surface area contributed by atoms with E-state index in [4.69, 9.17) is 5.73 Å². The number of aromatic nitrogens is 4. The molecule has 0 amide bonds. The van der Waals surface area contributed by atoms with Crippen molar-refractivity contribution in [3.05, 3.63) is 41.3 Å². The van der Waals surface area contributed by atoms with Gasteiger partial charge < -0.3 is 10.5 Å². The van der Waals surface area contributed by atoms with Gasteiger partial charge in [-0.05, 0) is 31.0 Å². The van der Waals surface area contributed by atoms with Gasteiger partial charge in [-0.3, -0.25) is 0 Å². The SMILES string of the molecule is Cc1nc2ncnn2c(N)c1Cc1ccc(OC(F)(F)F)c(N=S2(=O)CCC2)c1. The van der Waals surface area contributed by atoms with Crippen molar-refractivity contribution in [2.75, 3.05) is 17.2 Å². The van der Waals surface area contributed by atoms with Gasteiger partial charge in [0, 0.05) is 29.2 Å². The Labute approximate surface area is 164 Å². The quantitative estimate of drug-likeness (QED) is 0.687. The second-order valence-corrected chi connectivity index (χ2v) is 9.23. The number of nitrogens with zero attached hydrogens (tertiary/aromatic N) is 5. The van der Waals surface area contributed by atoms with Crippen LogP contribution in [0, 0.1) is 6.92 Å². The highest BCUT2D eigenvalue weighted by Gasteiger charge is 2.32. The number of aryl methyl sites for hydroxylation is 1. The van der Waals surface area contributed by atoms with Gasteiger partial charge in [-0.2, -0.15) is 19.0 Å². The van der Waals surface area contributed by atoms with Crippen molar-refractivity contribution in [3.8, 4) is 5.75 Å². The monoisotopic (exact) mass is 426 g/mol. The number of rotatable bonds is 4. The molecule has 8 nitrogen and oxygen atoms in total. The molecule has 0 radical (unpaired) electrons. The first-order valence-corrected chi connectivity index (χ1v) is 10.5. The number of alkyl halides is 3. The molecule has 0 spiro atoms. The number of ether oxygens (including phenoxy) is 1. The number of fused-ring (bicyclic) bond motifs is 1. The highest BCUT2D eigenvalue weighted by molar-refractivity contribution is 7.95. The lowest BCUT2D eigenvalue weighted by Gasteiger charge is -2.19. The van der Waals surface area contributed by atoms with Crippen molar-refractivity contribution >= 4 is 27.0 Å². The summed E-state index contributed by atoms with van der Waals surface area (Å²) in [5, 5.41) is 4.02. The van der Waals surface area contributed by atoms with Gasteiger partial charge in [0.25, 0.3) is 5.78 Å². The molecule has 3 heterocycles. The average molecular weight is 426 g/mol. The summed E-state index contributed by atoms with van der Waals surface area (Å²) >= 11 is 0. The smallest absolute Gasteiger partial charge is 0.403 e. The van der Waals surface area contributed by atoms with Crippen LogP contribution in [0.4, 0.5) is 24.7 Å². The van der Waals surface area contributed by atoms with Crippen LogP contribution in [-0.2, 0) is 16.1 Å². The molecule has 12 heteroatoms. The van der Waals surface area contributed by atoms with E-state index in [1.807, 2.05) is 0 Å². The Morgan fingerprint density at radius 2 is 2.10 bits per heavy atom. The number of anilines is 1. The molecule has 1 aliphatic heterocycles. The third-order valence-electron chi connectivity index (χ3n) is 4.59. The molecule has 0 unspecified atom stereocenters. The lowest BCUT2D eigenvalue weighted by Crippen LogP contribution is -2.23. The molecule has 0 saturated carbocycles. The minimum atomic E-state index is -4.88. The van der Waals surface area contributed by atoms with Gasteiger partial charge in [-0.15, -0.1) is 13.2 Å². The van der Waals surface area contributed by atoms with Gasteiger partial charge in [0.15, 0.2) is 5.75 Å². The topological polar surface area (TPSA) is 108 Å². The average Bonchev–Trinajstić information content (AvgIpc) is 3.06. The van der Waals surface area contributed by atoms with Gasteiger partial charge in [0.05, 0.1) is 9.73 Å². The lowest BCUT2D eigenvalue weighted by molar-refractivity contribution is -0.274. The fourth-order valence-corrected chi connectivity index (χ4v) is 4.52. The molecule has 29 heavy (non-hydrogen) atoms. The summed E-state index contributed by atoms with van der Waals surface area (Å²) in [4.78, 5) is 8.32. The highest BCUT2D eigenvalue weighted by Crippen LogP contribution is 2.36. The Balaban J connectivity index is 1.75. The maximum absolute atomic E-state index is 12.7. The van der Waals surface area contributed by atoms with Crippen LogP contribution >= 0.6 is 0 Å². The molecule has 0 aliphatic carbocycles. The Morgan fingerprint density at radius 1 is 1.34 bits per heavy atom. The predicted molar refractivity (Wildman–Crippen MR) is 100 cm³/mol. The molecular weight excluding hydrogens is 409 g/mol.